The topological polar surface area (TPSA) is 91.7 Å². The first kappa shape index (κ1) is 12.3. The highest BCUT2D eigenvalue weighted by atomic mass is 35.5. The highest BCUT2D eigenvalue weighted by Crippen LogP contribution is 2.30. The largest absolute Gasteiger partial charge is 0.478 e. The van der Waals surface area contributed by atoms with Crippen LogP contribution in [-0.2, 0) is 10.1 Å². The van der Waals surface area contributed by atoms with Gasteiger partial charge in [0, 0.05) is 0 Å². The molecule has 15 heavy (non-hydrogen) atoms. The molecule has 0 aromatic heterocycles. The average molecular weight is 271 g/mol. The van der Waals surface area contributed by atoms with E-state index in [4.69, 9.17) is 32.9 Å². The van der Waals surface area contributed by atoms with E-state index in [9.17, 15) is 13.2 Å². The van der Waals surface area contributed by atoms with Gasteiger partial charge in [0.25, 0.3) is 10.1 Å². The van der Waals surface area contributed by atoms with Crippen LogP contribution in [0.15, 0.2) is 17.0 Å². The summed E-state index contributed by atoms with van der Waals surface area (Å²) in [6.07, 6.45) is 0. The molecule has 0 unspecified atom stereocenters. The van der Waals surface area contributed by atoms with Crippen LogP contribution < -0.4 is 0 Å². The van der Waals surface area contributed by atoms with Gasteiger partial charge in [-0.2, -0.15) is 8.42 Å². The molecule has 0 amide bonds. The van der Waals surface area contributed by atoms with Crippen molar-refractivity contribution in [2.75, 3.05) is 0 Å². The van der Waals surface area contributed by atoms with E-state index in [1.165, 1.54) is 0 Å². The van der Waals surface area contributed by atoms with Gasteiger partial charge in [-0.1, -0.05) is 23.2 Å². The highest BCUT2D eigenvalue weighted by molar-refractivity contribution is 7.86. The molecule has 1 aromatic carbocycles. The molecule has 1 rings (SSSR count). The fourth-order valence-electron chi connectivity index (χ4n) is 0.929. The van der Waals surface area contributed by atoms with E-state index in [-0.39, 0.29) is 5.02 Å². The van der Waals surface area contributed by atoms with Crippen LogP contribution in [0.4, 0.5) is 0 Å². The first-order valence-corrected chi connectivity index (χ1v) is 5.63. The zero-order valence-corrected chi connectivity index (χ0v) is 9.27. The molecule has 0 atom stereocenters. The van der Waals surface area contributed by atoms with Crippen molar-refractivity contribution in [1.29, 1.82) is 0 Å². The maximum Gasteiger partial charge on any atom is 0.338 e. The lowest BCUT2D eigenvalue weighted by molar-refractivity contribution is 0.0697. The smallest absolute Gasteiger partial charge is 0.338 e. The molecule has 8 heteroatoms. The zero-order chi connectivity index (χ0) is 11.8. The summed E-state index contributed by atoms with van der Waals surface area (Å²) in [7, 11) is -4.56. The van der Waals surface area contributed by atoms with E-state index in [1.54, 1.807) is 0 Å². The van der Waals surface area contributed by atoms with Gasteiger partial charge < -0.3 is 5.11 Å². The van der Waals surface area contributed by atoms with Gasteiger partial charge in [0.1, 0.15) is 4.90 Å². The molecule has 0 fully saturated rings. The Morgan fingerprint density at radius 3 is 2.20 bits per heavy atom. The van der Waals surface area contributed by atoms with Crippen LogP contribution in [0, 0.1) is 0 Å². The Morgan fingerprint density at radius 1 is 1.27 bits per heavy atom. The summed E-state index contributed by atoms with van der Waals surface area (Å²) in [6, 6.07) is 1.95. The number of aromatic carboxylic acids is 1. The summed E-state index contributed by atoms with van der Waals surface area (Å²) < 4.78 is 30.3. The van der Waals surface area contributed by atoms with Crippen LogP contribution in [0.2, 0.25) is 10.0 Å². The Balaban J connectivity index is 3.64. The maximum atomic E-state index is 10.8. The molecule has 5 nitrogen and oxygen atoms in total. The lowest BCUT2D eigenvalue weighted by atomic mass is 10.2. The molecule has 0 aliphatic rings. The Bertz CT molecular complexity index is 522. The van der Waals surface area contributed by atoms with Gasteiger partial charge >= 0.3 is 5.97 Å². The van der Waals surface area contributed by atoms with E-state index in [2.05, 4.69) is 0 Å². The first-order valence-electron chi connectivity index (χ1n) is 3.44. The third-order valence-electron chi connectivity index (χ3n) is 1.55. The van der Waals surface area contributed by atoms with Crippen molar-refractivity contribution in [3.63, 3.8) is 0 Å². The van der Waals surface area contributed by atoms with Gasteiger partial charge in [-0.3, -0.25) is 4.55 Å². The number of halogens is 2. The molecular weight excluding hydrogens is 267 g/mol. The summed E-state index contributed by atoms with van der Waals surface area (Å²) in [5.74, 6) is -1.48. The molecule has 2 N–H and O–H groups in total. The molecule has 82 valence electrons. The fourth-order valence-corrected chi connectivity index (χ4v) is 2.32. The second kappa shape index (κ2) is 3.97. The Kier molecular flexibility index (Phi) is 3.25. The Labute approximate surface area is 95.0 Å². The van der Waals surface area contributed by atoms with E-state index in [0.29, 0.717) is 0 Å². The molecule has 0 aliphatic carbocycles. The SMILES string of the molecule is O=C(O)c1c(Cl)ccc(S(=O)(=O)O)c1Cl. The van der Waals surface area contributed by atoms with E-state index in [0.717, 1.165) is 12.1 Å². The van der Waals surface area contributed by atoms with Crippen LogP contribution >= 0.6 is 23.2 Å². The minimum Gasteiger partial charge on any atom is -0.478 e. The molecule has 1 aromatic rings. The summed E-state index contributed by atoms with van der Waals surface area (Å²) in [6.45, 7) is 0. The summed E-state index contributed by atoms with van der Waals surface area (Å²) in [5.41, 5.74) is -0.562. The van der Waals surface area contributed by atoms with Crippen LogP contribution in [0.25, 0.3) is 0 Å². The number of carboxylic acid groups (broad SMARTS) is 1. The normalized spacial score (nSPS) is 11.4. The summed E-state index contributed by atoms with van der Waals surface area (Å²) >= 11 is 11.0. The van der Waals surface area contributed by atoms with Crippen LogP contribution in [0.3, 0.4) is 0 Å². The fraction of sp³-hybridized carbons (Fsp3) is 0. The Morgan fingerprint density at radius 2 is 1.80 bits per heavy atom. The third kappa shape index (κ3) is 2.40. The number of carboxylic acids is 1. The van der Waals surface area contributed by atoms with Crippen molar-refractivity contribution in [1.82, 2.24) is 0 Å². The van der Waals surface area contributed by atoms with Crippen molar-refractivity contribution in [3.8, 4) is 0 Å². The lowest BCUT2D eigenvalue weighted by Crippen LogP contribution is -2.05. The molecular formula is C7H4Cl2O5S. The molecule has 0 spiro atoms. The van der Waals surface area contributed by atoms with Gasteiger partial charge in [-0.15, -0.1) is 0 Å². The zero-order valence-electron chi connectivity index (χ0n) is 6.94. The van der Waals surface area contributed by atoms with Crippen molar-refractivity contribution >= 4 is 39.3 Å². The van der Waals surface area contributed by atoms with Crippen molar-refractivity contribution in [2.45, 2.75) is 4.90 Å². The quantitative estimate of drug-likeness (QED) is 0.802. The second-order valence-corrected chi connectivity index (χ2v) is 4.69. The van der Waals surface area contributed by atoms with E-state index < -0.39 is 31.6 Å². The molecule has 0 aliphatic heterocycles. The van der Waals surface area contributed by atoms with E-state index >= 15 is 0 Å². The lowest BCUT2D eigenvalue weighted by Gasteiger charge is -2.05. The number of rotatable bonds is 2. The highest BCUT2D eigenvalue weighted by Gasteiger charge is 2.22. The number of hydrogen-bond acceptors (Lipinski definition) is 3. The number of benzene rings is 1. The minimum absolute atomic E-state index is 0.208. The molecule has 0 radical (unpaired) electrons. The summed E-state index contributed by atoms with van der Waals surface area (Å²) in [5, 5.41) is 7.87. The van der Waals surface area contributed by atoms with Gasteiger partial charge in [0.2, 0.25) is 0 Å². The molecule has 0 saturated carbocycles. The average Bonchev–Trinajstić information content (AvgIpc) is 2.00. The Hall–Kier alpha value is -0.820. The van der Waals surface area contributed by atoms with Crippen molar-refractivity contribution < 1.29 is 22.9 Å². The first-order chi connectivity index (χ1) is 6.75. The van der Waals surface area contributed by atoms with E-state index in [1.807, 2.05) is 0 Å². The molecule has 0 saturated heterocycles. The molecule has 0 heterocycles. The predicted molar refractivity (Wildman–Crippen MR) is 53.2 cm³/mol. The monoisotopic (exact) mass is 270 g/mol. The molecule has 0 bridgehead atoms. The van der Waals surface area contributed by atoms with Crippen LogP contribution in [0.5, 0.6) is 0 Å². The minimum atomic E-state index is -4.56. The maximum absolute atomic E-state index is 10.8. The van der Waals surface area contributed by atoms with Crippen LogP contribution in [-0.4, -0.2) is 24.0 Å². The predicted octanol–water partition coefficient (Wildman–Crippen LogP) is 1.94. The van der Waals surface area contributed by atoms with Crippen LogP contribution in [0.1, 0.15) is 10.4 Å². The van der Waals surface area contributed by atoms with Crippen molar-refractivity contribution in [2.24, 2.45) is 0 Å². The number of carbonyl (C=O) groups is 1. The van der Waals surface area contributed by atoms with Gasteiger partial charge in [0.05, 0.1) is 15.6 Å². The van der Waals surface area contributed by atoms with Crippen molar-refractivity contribution in [3.05, 3.63) is 27.7 Å². The van der Waals surface area contributed by atoms with Gasteiger partial charge in [0.15, 0.2) is 0 Å². The van der Waals surface area contributed by atoms with Gasteiger partial charge in [-0.25, -0.2) is 4.79 Å². The third-order valence-corrected chi connectivity index (χ3v) is 3.26. The second-order valence-electron chi connectivity index (χ2n) is 2.51. The van der Waals surface area contributed by atoms with Gasteiger partial charge in [-0.05, 0) is 12.1 Å². The number of hydrogen-bond donors (Lipinski definition) is 2. The standard InChI is InChI=1S/C7H4Cl2O5S/c8-3-1-2-4(15(12,13)14)6(9)5(3)7(10)11/h1-2H,(H,10,11)(H,12,13,14). The summed E-state index contributed by atoms with van der Waals surface area (Å²) in [4.78, 5) is 9.99.